The number of anilines is 1. The van der Waals surface area contributed by atoms with Crippen LogP contribution >= 0.6 is 27.7 Å². The summed E-state index contributed by atoms with van der Waals surface area (Å²) >= 11 is 4.75. The van der Waals surface area contributed by atoms with Gasteiger partial charge in [0.25, 0.3) is 0 Å². The molecule has 2 saturated heterocycles. The Bertz CT molecular complexity index is 642. The van der Waals surface area contributed by atoms with Gasteiger partial charge in [-0.1, -0.05) is 22.9 Å². The first-order chi connectivity index (χ1) is 11.9. The Balaban J connectivity index is 1.51. The lowest BCUT2D eigenvalue weighted by atomic mass is 9.81. The fourth-order valence-electron chi connectivity index (χ4n) is 3.48. The van der Waals surface area contributed by atoms with Gasteiger partial charge in [0.15, 0.2) is 0 Å². The molecular weight excluding hydrogens is 404 g/mol. The quantitative estimate of drug-likeness (QED) is 0.592. The van der Waals surface area contributed by atoms with Crippen LogP contribution in [0.5, 0.6) is 0 Å². The minimum atomic E-state index is -0.269. The van der Waals surface area contributed by atoms with Crippen molar-refractivity contribution in [2.24, 2.45) is 11.8 Å². The molecule has 0 radical (unpaired) electrons. The highest BCUT2D eigenvalue weighted by molar-refractivity contribution is 9.10. The highest BCUT2D eigenvalue weighted by Crippen LogP contribution is 2.29. The summed E-state index contributed by atoms with van der Waals surface area (Å²) in [7, 11) is 0. The van der Waals surface area contributed by atoms with Crippen LogP contribution in [0.1, 0.15) is 20.3 Å². The second kappa shape index (κ2) is 8.07. The van der Waals surface area contributed by atoms with Crippen LogP contribution in [0.15, 0.2) is 28.7 Å². The molecule has 25 heavy (non-hydrogen) atoms. The standard InChI is InChI=1S/C17H23BrN4O2S/c1-9-7-10(2)19-15-14(9)16(24)22-17(21-15)25-8-13(23)20-12-5-3-11(18)4-6-12/h3-6,9-10,14-15,17,19,21H,7-8H2,1-2H3,(H,20,23)(H,22,24). The molecule has 2 aliphatic heterocycles. The Morgan fingerprint density at radius 1 is 1.28 bits per heavy atom. The average molecular weight is 427 g/mol. The molecule has 1 aromatic rings. The van der Waals surface area contributed by atoms with Crippen LogP contribution in [-0.2, 0) is 9.59 Å². The third-order valence-electron chi connectivity index (χ3n) is 4.58. The molecule has 5 atom stereocenters. The van der Waals surface area contributed by atoms with Crippen LogP contribution in [-0.4, -0.2) is 35.3 Å². The van der Waals surface area contributed by atoms with Crippen molar-refractivity contribution >= 4 is 45.2 Å². The monoisotopic (exact) mass is 426 g/mol. The maximum Gasteiger partial charge on any atom is 0.234 e. The summed E-state index contributed by atoms with van der Waals surface area (Å²) in [5.41, 5.74) is 0.487. The smallest absolute Gasteiger partial charge is 0.234 e. The average Bonchev–Trinajstić information content (AvgIpc) is 2.54. The van der Waals surface area contributed by atoms with Gasteiger partial charge >= 0.3 is 0 Å². The zero-order valence-electron chi connectivity index (χ0n) is 14.2. The molecule has 0 saturated carbocycles. The van der Waals surface area contributed by atoms with E-state index < -0.39 is 0 Å². The minimum absolute atomic E-state index is 0.0421. The fraction of sp³-hybridized carbons (Fsp3) is 0.529. The zero-order valence-corrected chi connectivity index (χ0v) is 16.6. The predicted molar refractivity (Wildman–Crippen MR) is 104 cm³/mol. The first-order valence-corrected chi connectivity index (χ1v) is 10.3. The number of piperidine rings is 1. The van der Waals surface area contributed by atoms with Crippen LogP contribution in [0.3, 0.4) is 0 Å². The number of amides is 2. The molecular formula is C17H23BrN4O2S. The van der Waals surface area contributed by atoms with Crippen molar-refractivity contribution in [2.75, 3.05) is 11.1 Å². The van der Waals surface area contributed by atoms with Crippen molar-refractivity contribution in [3.05, 3.63) is 28.7 Å². The maximum atomic E-state index is 12.4. The predicted octanol–water partition coefficient (Wildman–Crippen LogP) is 2.08. The van der Waals surface area contributed by atoms with Crippen LogP contribution < -0.4 is 21.3 Å². The molecule has 3 rings (SSSR count). The van der Waals surface area contributed by atoms with Gasteiger partial charge < -0.3 is 10.6 Å². The topological polar surface area (TPSA) is 82.3 Å². The van der Waals surface area contributed by atoms with E-state index >= 15 is 0 Å². The number of hydrogen-bond acceptors (Lipinski definition) is 5. The molecule has 136 valence electrons. The Kier molecular flexibility index (Phi) is 6.04. The summed E-state index contributed by atoms with van der Waals surface area (Å²) in [5.74, 6) is 0.492. The summed E-state index contributed by atoms with van der Waals surface area (Å²) in [6, 6.07) is 7.81. The lowest BCUT2D eigenvalue weighted by Crippen LogP contribution is -2.69. The molecule has 0 bridgehead atoms. The normalized spacial score (nSPS) is 31.8. The minimum Gasteiger partial charge on any atom is -0.331 e. The molecule has 6 nitrogen and oxygen atoms in total. The van der Waals surface area contributed by atoms with Crippen LogP contribution in [0.4, 0.5) is 5.69 Å². The van der Waals surface area contributed by atoms with Crippen molar-refractivity contribution < 1.29 is 9.59 Å². The summed E-state index contributed by atoms with van der Waals surface area (Å²) in [4.78, 5) is 24.5. The van der Waals surface area contributed by atoms with Crippen molar-refractivity contribution in [3.63, 3.8) is 0 Å². The number of thioether (sulfide) groups is 1. The van der Waals surface area contributed by atoms with E-state index in [-0.39, 0.29) is 35.1 Å². The Hall–Kier alpha value is -1.09. The number of rotatable bonds is 4. The van der Waals surface area contributed by atoms with Gasteiger partial charge in [0.1, 0.15) is 5.50 Å². The van der Waals surface area contributed by atoms with Gasteiger partial charge in [-0.25, -0.2) is 0 Å². The second-order valence-electron chi connectivity index (χ2n) is 6.71. The second-order valence-corrected chi connectivity index (χ2v) is 8.71. The Morgan fingerprint density at radius 3 is 2.72 bits per heavy atom. The van der Waals surface area contributed by atoms with E-state index in [1.54, 1.807) is 0 Å². The van der Waals surface area contributed by atoms with Crippen molar-refractivity contribution in [2.45, 2.75) is 38.0 Å². The van der Waals surface area contributed by atoms with E-state index in [1.807, 2.05) is 24.3 Å². The Labute approximate surface area is 160 Å². The van der Waals surface area contributed by atoms with Crippen LogP contribution in [0, 0.1) is 11.8 Å². The molecule has 2 fully saturated rings. The number of hydrogen-bond donors (Lipinski definition) is 4. The molecule has 2 amide bonds. The van der Waals surface area contributed by atoms with E-state index in [9.17, 15) is 9.59 Å². The number of halogens is 1. The van der Waals surface area contributed by atoms with Gasteiger partial charge in [-0.15, -0.1) is 11.8 Å². The zero-order chi connectivity index (χ0) is 18.0. The fourth-order valence-corrected chi connectivity index (χ4v) is 4.58. The van der Waals surface area contributed by atoms with Gasteiger partial charge in [-0.3, -0.25) is 20.2 Å². The lowest BCUT2D eigenvalue weighted by molar-refractivity contribution is -0.132. The highest BCUT2D eigenvalue weighted by atomic mass is 79.9. The summed E-state index contributed by atoms with van der Waals surface area (Å²) in [6.07, 6.45) is 0.948. The lowest BCUT2D eigenvalue weighted by Gasteiger charge is -2.45. The van der Waals surface area contributed by atoms with Crippen molar-refractivity contribution in [1.82, 2.24) is 16.0 Å². The molecule has 1 aromatic carbocycles. The molecule has 5 unspecified atom stereocenters. The van der Waals surface area contributed by atoms with Gasteiger partial charge in [-0.2, -0.15) is 0 Å². The summed E-state index contributed by atoms with van der Waals surface area (Å²) < 4.78 is 0.965. The molecule has 4 N–H and O–H groups in total. The number of nitrogens with one attached hydrogen (secondary N) is 4. The van der Waals surface area contributed by atoms with Crippen LogP contribution in [0.25, 0.3) is 0 Å². The van der Waals surface area contributed by atoms with Gasteiger partial charge in [0.05, 0.1) is 17.8 Å². The Morgan fingerprint density at radius 2 is 2.00 bits per heavy atom. The number of carbonyl (C=O) groups excluding carboxylic acids is 2. The summed E-state index contributed by atoms with van der Waals surface area (Å²) in [5, 5.41) is 12.7. The van der Waals surface area contributed by atoms with E-state index in [0.717, 1.165) is 16.6 Å². The van der Waals surface area contributed by atoms with E-state index in [2.05, 4.69) is 51.0 Å². The SMILES string of the molecule is CC1CC(C)C2C(=O)NC(SCC(=O)Nc3ccc(Br)cc3)NC2N1. The van der Waals surface area contributed by atoms with Gasteiger partial charge in [0.2, 0.25) is 11.8 Å². The first-order valence-electron chi connectivity index (χ1n) is 8.42. The van der Waals surface area contributed by atoms with Gasteiger partial charge in [-0.05, 0) is 43.5 Å². The van der Waals surface area contributed by atoms with E-state index in [0.29, 0.717) is 12.0 Å². The first kappa shape index (κ1) is 18.7. The summed E-state index contributed by atoms with van der Waals surface area (Å²) in [6.45, 7) is 4.25. The number of fused-ring (bicyclic) bond motifs is 1. The molecule has 0 aliphatic carbocycles. The van der Waals surface area contributed by atoms with Gasteiger partial charge in [0, 0.05) is 16.2 Å². The highest BCUT2D eigenvalue weighted by Gasteiger charge is 2.43. The van der Waals surface area contributed by atoms with E-state index in [4.69, 9.17) is 0 Å². The van der Waals surface area contributed by atoms with Crippen LogP contribution in [0.2, 0.25) is 0 Å². The molecule has 2 heterocycles. The number of benzene rings is 1. The van der Waals surface area contributed by atoms with Crippen molar-refractivity contribution in [1.29, 1.82) is 0 Å². The third-order valence-corrected chi connectivity index (χ3v) is 6.12. The molecule has 8 heteroatoms. The van der Waals surface area contributed by atoms with E-state index in [1.165, 1.54) is 11.8 Å². The molecule has 0 spiro atoms. The molecule has 0 aromatic heterocycles. The third kappa shape index (κ3) is 4.75. The van der Waals surface area contributed by atoms with Crippen molar-refractivity contribution in [3.8, 4) is 0 Å². The largest absolute Gasteiger partial charge is 0.331 e. The number of carbonyl (C=O) groups is 2. The maximum absolute atomic E-state index is 12.4. The molecule has 2 aliphatic rings.